The van der Waals surface area contributed by atoms with Gasteiger partial charge in [0.05, 0.1) is 24.8 Å². The molecule has 0 aliphatic carbocycles. The van der Waals surface area contributed by atoms with Gasteiger partial charge in [0.15, 0.2) is 6.54 Å². The maximum Gasteiger partial charge on any atom is 0.279 e. The Hall–Kier alpha value is -2.84. The molecule has 0 heterocycles. The van der Waals surface area contributed by atoms with E-state index in [9.17, 15) is 14.9 Å². The van der Waals surface area contributed by atoms with Gasteiger partial charge in [-0.1, -0.05) is 11.6 Å². The molecule has 2 aromatic rings. The van der Waals surface area contributed by atoms with E-state index in [0.29, 0.717) is 29.7 Å². The quantitative estimate of drug-likeness (QED) is 0.499. The Morgan fingerprint density at radius 1 is 1.26 bits per heavy atom. The second-order valence-electron chi connectivity index (χ2n) is 5.88. The number of halogens is 1. The van der Waals surface area contributed by atoms with Crippen LogP contribution in [0, 0.1) is 10.1 Å². The monoisotopic (exact) mass is 394 g/mol. The molecule has 27 heavy (non-hydrogen) atoms. The summed E-state index contributed by atoms with van der Waals surface area (Å²) < 4.78 is 10.7. The third-order valence-corrected chi connectivity index (χ3v) is 3.99. The summed E-state index contributed by atoms with van der Waals surface area (Å²) >= 11 is 5.82. The first-order valence-electron chi connectivity index (χ1n) is 8.21. The summed E-state index contributed by atoms with van der Waals surface area (Å²) in [6.45, 7) is 1.21. The molecule has 0 radical (unpaired) electrons. The first-order chi connectivity index (χ1) is 12.9. The maximum absolute atomic E-state index is 12.2. The topological polar surface area (TPSA) is 95.1 Å². The molecule has 1 atom stereocenters. The number of nitrogens with one attached hydrogen (secondary N) is 2. The van der Waals surface area contributed by atoms with Gasteiger partial charge in [-0.05, 0) is 30.3 Å². The average molecular weight is 395 g/mol. The molecular weight excluding hydrogens is 374 g/mol. The normalized spacial score (nSPS) is 11.5. The van der Waals surface area contributed by atoms with Crippen LogP contribution in [-0.2, 0) is 4.79 Å². The van der Waals surface area contributed by atoms with Gasteiger partial charge in [0.1, 0.15) is 24.7 Å². The van der Waals surface area contributed by atoms with E-state index in [1.807, 2.05) is 7.05 Å². The van der Waals surface area contributed by atoms with Crippen molar-refractivity contribution < 1.29 is 24.1 Å². The second kappa shape index (κ2) is 9.75. The van der Waals surface area contributed by atoms with Gasteiger partial charge in [0, 0.05) is 17.2 Å². The van der Waals surface area contributed by atoms with Crippen molar-refractivity contribution in [1.29, 1.82) is 0 Å². The third-order valence-electron chi connectivity index (χ3n) is 3.74. The predicted octanol–water partition coefficient (Wildman–Crippen LogP) is 1.79. The zero-order valence-corrected chi connectivity index (χ0v) is 15.8. The first-order valence-corrected chi connectivity index (χ1v) is 8.59. The van der Waals surface area contributed by atoms with Crippen molar-refractivity contribution in [2.45, 2.75) is 0 Å². The molecule has 1 unspecified atom stereocenters. The lowest BCUT2D eigenvalue weighted by Gasteiger charge is -2.15. The summed E-state index contributed by atoms with van der Waals surface area (Å²) in [5.41, 5.74) is 0.144. The van der Waals surface area contributed by atoms with Crippen molar-refractivity contribution in [2.75, 3.05) is 39.2 Å². The van der Waals surface area contributed by atoms with Crippen molar-refractivity contribution in [1.82, 2.24) is 0 Å². The number of amides is 1. The predicted molar refractivity (Wildman–Crippen MR) is 102 cm³/mol. The Balaban J connectivity index is 1.84. The van der Waals surface area contributed by atoms with E-state index < -0.39 is 4.92 Å². The lowest BCUT2D eigenvalue weighted by atomic mass is 10.2. The summed E-state index contributed by atoms with van der Waals surface area (Å²) in [5, 5.41) is 14.2. The number of quaternary nitrogens is 1. The summed E-state index contributed by atoms with van der Waals surface area (Å²) in [6.07, 6.45) is 0. The van der Waals surface area contributed by atoms with Crippen molar-refractivity contribution >= 4 is 28.9 Å². The molecule has 0 fully saturated rings. The Labute approximate surface area is 161 Å². The van der Waals surface area contributed by atoms with Crippen LogP contribution in [0.25, 0.3) is 0 Å². The van der Waals surface area contributed by atoms with Crippen LogP contribution in [0.3, 0.4) is 0 Å². The molecule has 144 valence electrons. The number of carbonyl (C=O) groups is 1. The second-order valence-corrected chi connectivity index (χ2v) is 6.31. The van der Waals surface area contributed by atoms with Crippen LogP contribution < -0.4 is 19.7 Å². The number of nitro groups is 1. The minimum atomic E-state index is -0.527. The molecule has 0 saturated heterocycles. The van der Waals surface area contributed by atoms with Crippen LogP contribution in [0.15, 0.2) is 42.5 Å². The number of likely N-dealkylation sites (N-methyl/N-ethyl adjacent to an activating group) is 1. The molecule has 0 bridgehead atoms. The highest BCUT2D eigenvalue weighted by atomic mass is 35.5. The molecule has 0 aliphatic rings. The Morgan fingerprint density at radius 2 is 1.96 bits per heavy atom. The molecule has 0 spiro atoms. The van der Waals surface area contributed by atoms with Crippen LogP contribution in [0.1, 0.15) is 0 Å². The molecule has 2 aromatic carbocycles. The van der Waals surface area contributed by atoms with E-state index in [-0.39, 0.29) is 23.8 Å². The number of carbonyl (C=O) groups excluding carboxylic acids is 1. The summed E-state index contributed by atoms with van der Waals surface area (Å²) in [7, 11) is 3.29. The molecule has 2 N–H and O–H groups in total. The molecule has 0 saturated carbocycles. The van der Waals surface area contributed by atoms with Gasteiger partial charge < -0.3 is 19.7 Å². The highest BCUT2D eigenvalue weighted by Crippen LogP contribution is 2.28. The molecule has 0 aliphatic heterocycles. The molecule has 9 heteroatoms. The fraction of sp³-hybridized carbons (Fsp3) is 0.278. The number of non-ortho nitro benzene ring substituents is 1. The number of nitrogens with zero attached hydrogens (tertiary/aromatic N) is 1. The van der Waals surface area contributed by atoms with Crippen molar-refractivity contribution in [3.63, 3.8) is 0 Å². The maximum atomic E-state index is 12.2. The van der Waals surface area contributed by atoms with Gasteiger partial charge in [0.2, 0.25) is 0 Å². The number of hydrogen-bond acceptors (Lipinski definition) is 5. The van der Waals surface area contributed by atoms with Crippen LogP contribution in [-0.4, -0.2) is 44.7 Å². The zero-order chi connectivity index (χ0) is 19.8. The van der Waals surface area contributed by atoms with Crippen molar-refractivity contribution in [3.8, 4) is 11.5 Å². The highest BCUT2D eigenvalue weighted by Gasteiger charge is 2.16. The number of rotatable bonds is 9. The van der Waals surface area contributed by atoms with Crippen LogP contribution in [0.2, 0.25) is 5.02 Å². The molecule has 0 aromatic heterocycles. The number of hydrogen-bond donors (Lipinski definition) is 2. The molecule has 1 amide bonds. The van der Waals surface area contributed by atoms with Gasteiger partial charge in [0.25, 0.3) is 11.6 Å². The van der Waals surface area contributed by atoms with E-state index >= 15 is 0 Å². The van der Waals surface area contributed by atoms with Gasteiger partial charge >= 0.3 is 0 Å². The van der Waals surface area contributed by atoms with E-state index in [4.69, 9.17) is 21.1 Å². The summed E-state index contributed by atoms with van der Waals surface area (Å²) in [4.78, 5) is 23.5. The van der Waals surface area contributed by atoms with E-state index in [2.05, 4.69) is 5.32 Å². The third kappa shape index (κ3) is 6.43. The SMILES string of the molecule is COc1ccc([N+](=O)[O-])cc1NC(=O)C[NH+](C)CCOc1ccc(Cl)cc1. The lowest BCUT2D eigenvalue weighted by Crippen LogP contribution is -3.10. The number of anilines is 1. The fourth-order valence-electron chi connectivity index (χ4n) is 2.34. The number of methoxy groups -OCH3 is 1. The van der Waals surface area contributed by atoms with Gasteiger partial charge in [-0.3, -0.25) is 14.9 Å². The largest absolute Gasteiger partial charge is 0.495 e. The summed E-state index contributed by atoms with van der Waals surface area (Å²) in [5.74, 6) is 0.786. The van der Waals surface area contributed by atoms with Crippen LogP contribution in [0.5, 0.6) is 11.5 Å². The Kier molecular flexibility index (Phi) is 7.39. The van der Waals surface area contributed by atoms with Crippen LogP contribution >= 0.6 is 11.6 Å². The minimum Gasteiger partial charge on any atom is -0.495 e. The Morgan fingerprint density at radius 3 is 2.59 bits per heavy atom. The van der Waals surface area contributed by atoms with Crippen LogP contribution in [0.4, 0.5) is 11.4 Å². The number of benzene rings is 2. The zero-order valence-electron chi connectivity index (χ0n) is 15.0. The minimum absolute atomic E-state index is 0.122. The highest BCUT2D eigenvalue weighted by molar-refractivity contribution is 6.30. The average Bonchev–Trinajstić information content (AvgIpc) is 2.63. The Bertz CT molecular complexity index is 798. The fourth-order valence-corrected chi connectivity index (χ4v) is 2.46. The molecule has 2 rings (SSSR count). The van der Waals surface area contributed by atoms with Gasteiger partial charge in [-0.2, -0.15) is 0 Å². The number of nitro benzene ring substituents is 1. The van der Waals surface area contributed by atoms with Gasteiger partial charge in [-0.15, -0.1) is 0 Å². The van der Waals surface area contributed by atoms with Crippen molar-refractivity contribution in [3.05, 3.63) is 57.6 Å². The van der Waals surface area contributed by atoms with E-state index in [1.165, 1.54) is 25.3 Å². The lowest BCUT2D eigenvalue weighted by molar-refractivity contribution is -0.871. The van der Waals surface area contributed by atoms with Crippen molar-refractivity contribution in [2.24, 2.45) is 0 Å². The van der Waals surface area contributed by atoms with E-state index in [1.54, 1.807) is 24.3 Å². The van der Waals surface area contributed by atoms with Gasteiger partial charge in [-0.25, -0.2) is 0 Å². The molecule has 8 nitrogen and oxygen atoms in total. The smallest absolute Gasteiger partial charge is 0.279 e. The standard InChI is InChI=1S/C18H20ClN3O5/c1-21(9-10-27-15-6-3-13(19)4-7-15)12-18(23)20-16-11-14(22(24)25)5-8-17(16)26-2/h3-8,11H,9-10,12H2,1-2H3,(H,20,23)/p+1. The summed E-state index contributed by atoms with van der Waals surface area (Å²) in [6, 6.07) is 11.1. The molecular formula is C18H21ClN3O5+. The van der Waals surface area contributed by atoms with E-state index in [0.717, 1.165) is 4.90 Å². The first kappa shape index (κ1) is 20.5. The number of ether oxygens (including phenoxy) is 2.